The molecule has 0 aliphatic carbocycles. The van der Waals surface area contributed by atoms with E-state index < -0.39 is 0 Å². The van der Waals surface area contributed by atoms with Crippen molar-refractivity contribution in [3.63, 3.8) is 0 Å². The van der Waals surface area contributed by atoms with Crippen LogP contribution in [0, 0.1) is 11.3 Å². The van der Waals surface area contributed by atoms with Gasteiger partial charge in [-0.25, -0.2) is 0 Å². The average Bonchev–Trinajstić information content (AvgIpc) is 3.25. The van der Waals surface area contributed by atoms with Crippen LogP contribution in [0.15, 0.2) is 39.7 Å². The fourth-order valence-electron chi connectivity index (χ4n) is 3.29. The molecule has 2 aliphatic heterocycles. The number of aromatic nitrogens is 1. The van der Waals surface area contributed by atoms with Gasteiger partial charge < -0.3 is 9.32 Å². The Morgan fingerprint density at radius 3 is 2.71 bits per heavy atom. The van der Waals surface area contributed by atoms with Gasteiger partial charge in [0.1, 0.15) is 10.4 Å². The second-order valence-electron chi connectivity index (χ2n) is 6.62. The van der Waals surface area contributed by atoms with Crippen LogP contribution < -0.4 is 4.90 Å². The maximum Gasteiger partial charge on any atom is 0.266 e. The third-order valence-electron chi connectivity index (χ3n) is 4.69. The lowest BCUT2D eigenvalue weighted by Crippen LogP contribution is -2.29. The number of benzene rings is 1. The van der Waals surface area contributed by atoms with Gasteiger partial charge in [0.25, 0.3) is 5.91 Å². The fourth-order valence-corrected chi connectivity index (χ4v) is 4.51. The van der Waals surface area contributed by atoms with E-state index in [2.05, 4.69) is 11.1 Å². The zero-order chi connectivity index (χ0) is 19.5. The molecule has 28 heavy (non-hydrogen) atoms. The first kappa shape index (κ1) is 18.7. The Labute approximate surface area is 172 Å². The summed E-state index contributed by atoms with van der Waals surface area (Å²) in [6.45, 7) is 2.13. The van der Waals surface area contributed by atoms with Crippen molar-refractivity contribution in [3.8, 4) is 6.07 Å². The van der Waals surface area contributed by atoms with Crippen molar-refractivity contribution in [1.29, 1.82) is 5.26 Å². The van der Waals surface area contributed by atoms with Gasteiger partial charge in [-0.05, 0) is 24.8 Å². The summed E-state index contributed by atoms with van der Waals surface area (Å²) in [4.78, 5) is 21.1. The van der Waals surface area contributed by atoms with Gasteiger partial charge in [-0.2, -0.15) is 10.2 Å². The Balaban J connectivity index is 1.56. The van der Waals surface area contributed by atoms with Crippen LogP contribution in [0.2, 0.25) is 0 Å². The number of hydrogen-bond donors (Lipinski definition) is 0. The number of carbonyl (C=O) groups is 1. The molecule has 0 spiro atoms. The number of thiocarbonyl (C=S) groups is 1. The maximum atomic E-state index is 12.8. The lowest BCUT2D eigenvalue weighted by molar-refractivity contribution is -0.122. The second kappa shape index (κ2) is 8.17. The molecule has 0 bridgehead atoms. The molecule has 2 fully saturated rings. The monoisotopic (exact) mass is 410 g/mol. The predicted octanol–water partition coefficient (Wildman–Crippen LogP) is 3.94. The molecule has 6 nitrogen and oxygen atoms in total. The number of piperidine rings is 1. The SMILES string of the molecule is N#Cc1nc(C=C2SC(=S)N(Cc3ccccc3)C2=O)oc1N1CCCCC1. The molecule has 0 N–H and O–H groups in total. The number of hydrogen-bond acceptors (Lipinski definition) is 7. The van der Waals surface area contributed by atoms with E-state index in [1.54, 1.807) is 11.0 Å². The summed E-state index contributed by atoms with van der Waals surface area (Å²) in [7, 11) is 0. The average molecular weight is 411 g/mol. The van der Waals surface area contributed by atoms with Gasteiger partial charge in [-0.3, -0.25) is 9.69 Å². The van der Waals surface area contributed by atoms with E-state index in [0.29, 0.717) is 21.7 Å². The summed E-state index contributed by atoms with van der Waals surface area (Å²) in [6.07, 6.45) is 4.90. The third-order valence-corrected chi connectivity index (χ3v) is 6.06. The summed E-state index contributed by atoms with van der Waals surface area (Å²) < 4.78 is 6.34. The van der Waals surface area contributed by atoms with E-state index in [4.69, 9.17) is 16.6 Å². The number of nitrogens with zero attached hydrogens (tertiary/aromatic N) is 4. The molecule has 2 aliphatic rings. The molecule has 1 amide bonds. The quantitative estimate of drug-likeness (QED) is 0.558. The van der Waals surface area contributed by atoms with E-state index >= 15 is 0 Å². The summed E-state index contributed by atoms with van der Waals surface area (Å²) in [6, 6.07) is 11.8. The molecule has 2 saturated heterocycles. The standard InChI is InChI=1S/C20H18N4O2S2/c21-12-15-19(23-9-5-2-6-10-23)26-17(22-15)11-16-18(25)24(20(27)28-16)13-14-7-3-1-4-8-14/h1,3-4,7-8,11H,2,5-6,9-10,13H2. The molecule has 4 rings (SSSR count). The Hall–Kier alpha value is -2.63. The summed E-state index contributed by atoms with van der Waals surface area (Å²) in [5, 5.41) is 9.40. The van der Waals surface area contributed by atoms with Gasteiger partial charge in [-0.1, -0.05) is 54.3 Å². The van der Waals surface area contributed by atoms with E-state index in [0.717, 1.165) is 31.5 Å². The molecule has 1 aromatic carbocycles. The highest BCUT2D eigenvalue weighted by Gasteiger charge is 2.33. The minimum Gasteiger partial charge on any atom is -0.420 e. The molecule has 0 unspecified atom stereocenters. The lowest BCUT2D eigenvalue weighted by Gasteiger charge is -2.25. The molecule has 8 heteroatoms. The van der Waals surface area contributed by atoms with Crippen molar-refractivity contribution in [2.45, 2.75) is 25.8 Å². The number of rotatable bonds is 4. The number of carbonyl (C=O) groups excluding carboxylic acids is 1. The van der Waals surface area contributed by atoms with Crippen molar-refractivity contribution in [2.75, 3.05) is 18.0 Å². The Bertz CT molecular complexity index is 972. The molecule has 0 atom stereocenters. The maximum absolute atomic E-state index is 12.8. The highest BCUT2D eigenvalue weighted by molar-refractivity contribution is 8.26. The smallest absolute Gasteiger partial charge is 0.266 e. The minimum atomic E-state index is -0.171. The van der Waals surface area contributed by atoms with Gasteiger partial charge in [0.05, 0.1) is 11.4 Å². The van der Waals surface area contributed by atoms with Crippen molar-refractivity contribution < 1.29 is 9.21 Å². The normalized spacial score (nSPS) is 18.8. The van der Waals surface area contributed by atoms with Crippen molar-refractivity contribution >= 4 is 46.2 Å². The first-order valence-electron chi connectivity index (χ1n) is 9.11. The molecule has 0 saturated carbocycles. The van der Waals surface area contributed by atoms with Crippen molar-refractivity contribution in [1.82, 2.24) is 9.88 Å². The summed E-state index contributed by atoms with van der Waals surface area (Å²) in [5.41, 5.74) is 1.27. The number of oxazole rings is 1. The van der Waals surface area contributed by atoms with Crippen LogP contribution in [0.4, 0.5) is 5.88 Å². The second-order valence-corrected chi connectivity index (χ2v) is 8.29. The van der Waals surface area contributed by atoms with Gasteiger partial charge in [0, 0.05) is 19.2 Å². The van der Waals surface area contributed by atoms with Gasteiger partial charge in [-0.15, -0.1) is 0 Å². The van der Waals surface area contributed by atoms with Crippen LogP contribution in [0.3, 0.4) is 0 Å². The summed E-state index contributed by atoms with van der Waals surface area (Å²) >= 11 is 6.61. The van der Waals surface area contributed by atoms with E-state index in [9.17, 15) is 10.1 Å². The van der Waals surface area contributed by atoms with Crippen LogP contribution in [-0.4, -0.2) is 33.2 Å². The predicted molar refractivity (Wildman–Crippen MR) is 112 cm³/mol. The zero-order valence-electron chi connectivity index (χ0n) is 15.1. The zero-order valence-corrected chi connectivity index (χ0v) is 16.8. The third kappa shape index (κ3) is 3.81. The Kier molecular flexibility index (Phi) is 5.46. The van der Waals surface area contributed by atoms with Crippen molar-refractivity contribution in [2.24, 2.45) is 0 Å². The van der Waals surface area contributed by atoms with E-state index in [1.807, 2.05) is 35.2 Å². The largest absolute Gasteiger partial charge is 0.420 e. The van der Waals surface area contributed by atoms with Crippen LogP contribution in [-0.2, 0) is 11.3 Å². The number of amides is 1. The van der Waals surface area contributed by atoms with Gasteiger partial charge >= 0.3 is 0 Å². The van der Waals surface area contributed by atoms with Gasteiger partial charge in [0.15, 0.2) is 0 Å². The molecule has 1 aromatic heterocycles. The molecular weight excluding hydrogens is 392 g/mol. The van der Waals surface area contributed by atoms with Crippen LogP contribution in [0.5, 0.6) is 0 Å². The lowest BCUT2D eigenvalue weighted by atomic mass is 10.1. The Morgan fingerprint density at radius 1 is 1.25 bits per heavy atom. The highest BCUT2D eigenvalue weighted by atomic mass is 32.2. The van der Waals surface area contributed by atoms with E-state index in [-0.39, 0.29) is 17.5 Å². The van der Waals surface area contributed by atoms with Crippen molar-refractivity contribution in [3.05, 3.63) is 52.4 Å². The first-order chi connectivity index (χ1) is 13.7. The number of nitriles is 1. The molecular formula is C20H18N4O2S2. The molecule has 2 aromatic rings. The van der Waals surface area contributed by atoms with Crippen LogP contribution in [0.1, 0.15) is 36.4 Å². The summed E-state index contributed by atoms with van der Waals surface area (Å²) in [5.74, 6) is 0.584. The molecule has 142 valence electrons. The molecule has 3 heterocycles. The van der Waals surface area contributed by atoms with E-state index in [1.165, 1.54) is 18.2 Å². The fraction of sp³-hybridized carbons (Fsp3) is 0.300. The van der Waals surface area contributed by atoms with Crippen LogP contribution >= 0.6 is 24.0 Å². The number of thioether (sulfide) groups is 1. The highest BCUT2D eigenvalue weighted by Crippen LogP contribution is 2.34. The van der Waals surface area contributed by atoms with Gasteiger partial charge in [0.2, 0.25) is 17.5 Å². The number of anilines is 1. The Morgan fingerprint density at radius 2 is 2.00 bits per heavy atom. The van der Waals surface area contributed by atoms with Crippen LogP contribution in [0.25, 0.3) is 6.08 Å². The topological polar surface area (TPSA) is 73.4 Å². The minimum absolute atomic E-state index is 0.171. The molecule has 0 radical (unpaired) electrons. The first-order valence-corrected chi connectivity index (χ1v) is 10.3.